The minimum atomic E-state index is -1.17. The first-order chi connectivity index (χ1) is 9.66. The molecule has 0 radical (unpaired) electrons. The van der Waals surface area contributed by atoms with Gasteiger partial charge in [0.05, 0.1) is 11.6 Å². The van der Waals surface area contributed by atoms with Crippen molar-refractivity contribution in [3.8, 4) is 0 Å². The normalized spacial score (nSPS) is 10.8. The maximum absolute atomic E-state index is 12.3. The zero-order valence-corrected chi connectivity index (χ0v) is 10.3. The first-order valence-electron chi connectivity index (χ1n) is 5.92. The van der Waals surface area contributed by atoms with Gasteiger partial charge in [-0.15, -0.1) is 0 Å². The number of fused-ring (bicyclic) bond motifs is 1. The Balaban J connectivity index is 2.25. The van der Waals surface area contributed by atoms with E-state index in [0.29, 0.717) is 16.5 Å². The van der Waals surface area contributed by atoms with Crippen molar-refractivity contribution < 1.29 is 14.3 Å². The molecule has 1 N–H and O–H groups in total. The number of hydrogen-bond donors (Lipinski definition) is 1. The molecule has 0 bridgehead atoms. The van der Waals surface area contributed by atoms with E-state index in [0.717, 1.165) is 4.68 Å². The van der Waals surface area contributed by atoms with Gasteiger partial charge >= 0.3 is 5.97 Å². The fourth-order valence-electron chi connectivity index (χ4n) is 2.05. The number of hydrogen-bond acceptors (Lipinski definition) is 4. The fourth-order valence-corrected chi connectivity index (χ4v) is 2.05. The third kappa shape index (κ3) is 1.97. The largest absolute Gasteiger partial charge is 0.476 e. The van der Waals surface area contributed by atoms with E-state index in [9.17, 15) is 14.7 Å². The number of rotatable bonds is 3. The quantitative estimate of drug-likeness (QED) is 0.783. The number of carbonyl (C=O) groups is 1. The van der Waals surface area contributed by atoms with Crippen molar-refractivity contribution in [2.75, 3.05) is 0 Å². The molecule has 0 saturated heterocycles. The second-order valence-electron chi connectivity index (χ2n) is 4.24. The SMILES string of the molecule is O=C(O)c1nn(Cc2ccco2)c(=O)c2ccccc12. The molecule has 0 aliphatic rings. The maximum Gasteiger partial charge on any atom is 0.357 e. The van der Waals surface area contributed by atoms with Gasteiger partial charge in [-0.3, -0.25) is 4.79 Å². The minimum Gasteiger partial charge on any atom is -0.476 e. The molecule has 1 aromatic carbocycles. The van der Waals surface area contributed by atoms with Gasteiger partial charge in [0.15, 0.2) is 5.69 Å². The van der Waals surface area contributed by atoms with Crippen LogP contribution in [-0.4, -0.2) is 20.9 Å². The highest BCUT2D eigenvalue weighted by atomic mass is 16.4. The Kier molecular flexibility index (Phi) is 2.83. The van der Waals surface area contributed by atoms with E-state index in [4.69, 9.17) is 4.42 Å². The van der Waals surface area contributed by atoms with Crippen molar-refractivity contribution >= 4 is 16.7 Å². The second kappa shape index (κ2) is 4.65. The van der Waals surface area contributed by atoms with Crippen LogP contribution in [0.4, 0.5) is 0 Å². The third-order valence-corrected chi connectivity index (χ3v) is 2.96. The van der Waals surface area contributed by atoms with E-state index in [2.05, 4.69) is 5.10 Å². The Bertz CT molecular complexity index is 834. The molecule has 3 rings (SSSR count). The summed E-state index contributed by atoms with van der Waals surface area (Å²) in [5, 5.41) is 13.8. The molecule has 0 aliphatic carbocycles. The van der Waals surface area contributed by atoms with Crippen molar-refractivity contribution in [2.45, 2.75) is 6.54 Å². The van der Waals surface area contributed by atoms with Gasteiger partial charge < -0.3 is 9.52 Å². The summed E-state index contributed by atoms with van der Waals surface area (Å²) < 4.78 is 6.26. The molecule has 2 heterocycles. The van der Waals surface area contributed by atoms with Gasteiger partial charge in [-0.05, 0) is 18.2 Å². The Labute approximate surface area is 112 Å². The summed E-state index contributed by atoms with van der Waals surface area (Å²) in [6.45, 7) is 0.0942. The summed E-state index contributed by atoms with van der Waals surface area (Å²) in [4.78, 5) is 23.6. The highest BCUT2D eigenvalue weighted by Crippen LogP contribution is 2.13. The van der Waals surface area contributed by atoms with Crippen LogP contribution in [0, 0.1) is 0 Å². The van der Waals surface area contributed by atoms with Gasteiger partial charge in [-0.25, -0.2) is 9.48 Å². The van der Waals surface area contributed by atoms with Gasteiger partial charge in [0.2, 0.25) is 0 Å². The Morgan fingerprint density at radius 3 is 2.60 bits per heavy atom. The number of benzene rings is 1. The van der Waals surface area contributed by atoms with E-state index in [1.165, 1.54) is 6.26 Å². The van der Waals surface area contributed by atoms with Crippen LogP contribution in [-0.2, 0) is 6.54 Å². The topological polar surface area (TPSA) is 85.3 Å². The van der Waals surface area contributed by atoms with Gasteiger partial charge in [-0.1, -0.05) is 18.2 Å². The van der Waals surface area contributed by atoms with Crippen LogP contribution in [0.15, 0.2) is 51.9 Å². The summed E-state index contributed by atoms with van der Waals surface area (Å²) in [7, 11) is 0. The number of aromatic nitrogens is 2. The van der Waals surface area contributed by atoms with Gasteiger partial charge in [-0.2, -0.15) is 5.10 Å². The monoisotopic (exact) mass is 270 g/mol. The molecule has 20 heavy (non-hydrogen) atoms. The third-order valence-electron chi connectivity index (χ3n) is 2.96. The smallest absolute Gasteiger partial charge is 0.357 e. The number of nitrogens with zero attached hydrogens (tertiary/aromatic N) is 2. The van der Waals surface area contributed by atoms with Crippen molar-refractivity contribution in [3.05, 3.63) is 64.5 Å². The molecule has 6 heteroatoms. The summed E-state index contributed by atoms with van der Waals surface area (Å²) >= 11 is 0. The van der Waals surface area contributed by atoms with E-state index in [1.807, 2.05) is 0 Å². The molecule has 100 valence electrons. The van der Waals surface area contributed by atoms with Crippen molar-refractivity contribution in [1.29, 1.82) is 0 Å². The lowest BCUT2D eigenvalue weighted by atomic mass is 10.1. The lowest BCUT2D eigenvalue weighted by Crippen LogP contribution is -2.26. The number of aromatic carboxylic acids is 1. The van der Waals surface area contributed by atoms with Crippen molar-refractivity contribution in [1.82, 2.24) is 9.78 Å². The van der Waals surface area contributed by atoms with E-state index in [1.54, 1.807) is 36.4 Å². The standard InChI is InChI=1S/C14H10N2O4/c17-13-11-6-2-1-5-10(11)12(14(18)19)15-16(13)8-9-4-3-7-20-9/h1-7H,8H2,(H,18,19). The predicted molar refractivity (Wildman–Crippen MR) is 70.8 cm³/mol. The zero-order valence-electron chi connectivity index (χ0n) is 10.3. The lowest BCUT2D eigenvalue weighted by Gasteiger charge is -2.07. The predicted octanol–water partition coefficient (Wildman–Crippen LogP) is 1.74. The van der Waals surface area contributed by atoms with Crippen molar-refractivity contribution in [3.63, 3.8) is 0 Å². The number of carboxylic acid groups (broad SMARTS) is 1. The van der Waals surface area contributed by atoms with E-state index in [-0.39, 0.29) is 17.8 Å². The molecule has 0 atom stereocenters. The summed E-state index contributed by atoms with van der Waals surface area (Å²) in [5.74, 6) is -0.638. The zero-order chi connectivity index (χ0) is 14.1. The minimum absolute atomic E-state index is 0.0942. The molecule has 3 aromatic rings. The first-order valence-corrected chi connectivity index (χ1v) is 5.92. The van der Waals surface area contributed by atoms with Gasteiger partial charge in [0.25, 0.3) is 5.56 Å². The van der Waals surface area contributed by atoms with Crippen LogP contribution in [0.5, 0.6) is 0 Å². The number of carboxylic acids is 1. The molecule has 6 nitrogen and oxygen atoms in total. The van der Waals surface area contributed by atoms with Crippen LogP contribution in [0.3, 0.4) is 0 Å². The molecule has 0 fully saturated rings. The Morgan fingerprint density at radius 1 is 1.20 bits per heavy atom. The average molecular weight is 270 g/mol. The molecular weight excluding hydrogens is 260 g/mol. The number of furan rings is 1. The van der Waals surface area contributed by atoms with Crippen molar-refractivity contribution in [2.24, 2.45) is 0 Å². The molecule has 0 spiro atoms. The molecule has 0 amide bonds. The van der Waals surface area contributed by atoms with Crippen LogP contribution in [0.1, 0.15) is 16.2 Å². The second-order valence-corrected chi connectivity index (χ2v) is 4.24. The van der Waals surface area contributed by atoms with E-state index < -0.39 is 5.97 Å². The Hall–Kier alpha value is -2.89. The first kappa shape index (κ1) is 12.2. The maximum atomic E-state index is 12.3. The summed E-state index contributed by atoms with van der Waals surface area (Å²) in [5.41, 5.74) is -0.492. The Morgan fingerprint density at radius 2 is 1.95 bits per heavy atom. The van der Waals surface area contributed by atoms with Crippen LogP contribution in [0.2, 0.25) is 0 Å². The van der Waals surface area contributed by atoms with Gasteiger partial charge in [0.1, 0.15) is 12.3 Å². The molecule has 0 unspecified atom stereocenters. The molecular formula is C14H10N2O4. The van der Waals surface area contributed by atoms with E-state index >= 15 is 0 Å². The fraction of sp³-hybridized carbons (Fsp3) is 0.0714. The lowest BCUT2D eigenvalue weighted by molar-refractivity contribution is 0.0690. The van der Waals surface area contributed by atoms with Crippen LogP contribution >= 0.6 is 0 Å². The highest BCUT2D eigenvalue weighted by molar-refractivity contribution is 6.01. The molecule has 0 aliphatic heterocycles. The van der Waals surface area contributed by atoms with Crippen LogP contribution in [0.25, 0.3) is 10.8 Å². The summed E-state index contributed by atoms with van der Waals surface area (Å²) in [6, 6.07) is 9.91. The van der Waals surface area contributed by atoms with Gasteiger partial charge in [0, 0.05) is 5.39 Å². The summed E-state index contributed by atoms with van der Waals surface area (Å²) in [6.07, 6.45) is 1.49. The molecule has 2 aromatic heterocycles. The highest BCUT2D eigenvalue weighted by Gasteiger charge is 2.15. The van der Waals surface area contributed by atoms with Crippen LogP contribution < -0.4 is 5.56 Å². The average Bonchev–Trinajstić information content (AvgIpc) is 2.94. The molecule has 0 saturated carbocycles.